The zero-order chi connectivity index (χ0) is 21.6. The van der Waals surface area contributed by atoms with Gasteiger partial charge in [0.05, 0.1) is 18.4 Å². The molecule has 1 amide bonds. The summed E-state index contributed by atoms with van der Waals surface area (Å²) >= 11 is 23.0. The van der Waals surface area contributed by atoms with E-state index in [9.17, 15) is 14.0 Å². The van der Waals surface area contributed by atoms with Gasteiger partial charge in [-0.25, -0.2) is 9.18 Å². The molecule has 0 aromatic heterocycles. The minimum Gasteiger partial charge on any atom is -0.465 e. The molecule has 2 rings (SSSR count). The van der Waals surface area contributed by atoms with Crippen molar-refractivity contribution < 1.29 is 18.7 Å². The van der Waals surface area contributed by atoms with Gasteiger partial charge < -0.3 is 20.7 Å². The molecule has 0 aliphatic rings. The fourth-order valence-electron chi connectivity index (χ4n) is 2.19. The molecule has 0 bridgehead atoms. The van der Waals surface area contributed by atoms with Crippen molar-refractivity contribution >= 4 is 69.7 Å². The standard InChI is InChI=1S/C18H15Cl3FN3O3S/c1-28-15(27)12-4-2-3-5-13(12)23-17(29)25-16(18(19,20)21)24-14(26)10-6-8-11(22)9-7-10/h2-9,16H,1H3,(H,24,26)(H2,23,25,29). The summed E-state index contributed by atoms with van der Waals surface area (Å²) in [5.74, 6) is -1.68. The third kappa shape index (κ3) is 6.71. The maximum Gasteiger partial charge on any atom is 0.339 e. The average molecular weight is 479 g/mol. The first-order valence-corrected chi connectivity index (χ1v) is 9.54. The zero-order valence-corrected chi connectivity index (χ0v) is 17.9. The molecule has 0 saturated carbocycles. The molecular formula is C18H15Cl3FN3O3S. The predicted molar refractivity (Wildman–Crippen MR) is 115 cm³/mol. The number of rotatable bonds is 5. The third-order valence-electron chi connectivity index (χ3n) is 3.57. The number of amides is 1. The second-order valence-electron chi connectivity index (χ2n) is 5.59. The van der Waals surface area contributed by atoms with E-state index in [1.807, 2.05) is 0 Å². The number of benzene rings is 2. The monoisotopic (exact) mass is 477 g/mol. The Morgan fingerprint density at radius 2 is 1.69 bits per heavy atom. The number of methoxy groups -OCH3 is 1. The number of carbonyl (C=O) groups is 2. The highest BCUT2D eigenvalue weighted by atomic mass is 35.6. The molecule has 0 saturated heterocycles. The van der Waals surface area contributed by atoms with Gasteiger partial charge in [0.25, 0.3) is 5.91 Å². The third-order valence-corrected chi connectivity index (χ3v) is 4.44. The quantitative estimate of drug-likeness (QED) is 0.261. The summed E-state index contributed by atoms with van der Waals surface area (Å²) in [7, 11) is 1.25. The molecule has 0 radical (unpaired) electrons. The molecule has 0 fully saturated rings. The summed E-state index contributed by atoms with van der Waals surface area (Å²) in [5.41, 5.74) is 0.743. The van der Waals surface area contributed by atoms with Gasteiger partial charge in [0.2, 0.25) is 3.79 Å². The molecule has 1 atom stereocenters. The molecule has 154 valence electrons. The Morgan fingerprint density at radius 3 is 2.28 bits per heavy atom. The number of esters is 1. The van der Waals surface area contributed by atoms with Crippen molar-refractivity contribution in [3.8, 4) is 0 Å². The topological polar surface area (TPSA) is 79.5 Å². The smallest absolute Gasteiger partial charge is 0.339 e. The molecule has 3 N–H and O–H groups in total. The molecular weight excluding hydrogens is 464 g/mol. The van der Waals surface area contributed by atoms with E-state index in [-0.39, 0.29) is 16.2 Å². The highest BCUT2D eigenvalue weighted by molar-refractivity contribution is 7.80. The van der Waals surface area contributed by atoms with Crippen LogP contribution in [0.5, 0.6) is 0 Å². The van der Waals surface area contributed by atoms with E-state index < -0.39 is 27.7 Å². The van der Waals surface area contributed by atoms with Gasteiger partial charge in [0.15, 0.2) is 5.11 Å². The number of thiocarbonyl (C=S) groups is 1. The van der Waals surface area contributed by atoms with Crippen molar-refractivity contribution in [3.05, 3.63) is 65.5 Å². The number of ether oxygens (including phenoxy) is 1. The summed E-state index contributed by atoms with van der Waals surface area (Å²) in [6.07, 6.45) is -1.24. The lowest BCUT2D eigenvalue weighted by Gasteiger charge is -2.28. The van der Waals surface area contributed by atoms with Gasteiger partial charge >= 0.3 is 5.97 Å². The van der Waals surface area contributed by atoms with E-state index >= 15 is 0 Å². The number of halogens is 4. The van der Waals surface area contributed by atoms with Gasteiger partial charge in [0, 0.05) is 5.56 Å². The molecule has 0 aliphatic heterocycles. The van der Waals surface area contributed by atoms with Crippen LogP contribution in [0.25, 0.3) is 0 Å². The zero-order valence-electron chi connectivity index (χ0n) is 14.8. The van der Waals surface area contributed by atoms with E-state index in [0.717, 1.165) is 12.1 Å². The van der Waals surface area contributed by atoms with Crippen LogP contribution in [0.1, 0.15) is 20.7 Å². The summed E-state index contributed by atoms with van der Waals surface area (Å²) in [6, 6.07) is 11.3. The second-order valence-corrected chi connectivity index (χ2v) is 8.37. The van der Waals surface area contributed by atoms with Gasteiger partial charge in [-0.05, 0) is 48.6 Å². The Morgan fingerprint density at radius 1 is 1.07 bits per heavy atom. The molecule has 11 heteroatoms. The number of carbonyl (C=O) groups excluding carboxylic acids is 2. The first kappa shape index (κ1) is 23.2. The van der Waals surface area contributed by atoms with Crippen molar-refractivity contribution in [1.29, 1.82) is 0 Å². The molecule has 6 nitrogen and oxygen atoms in total. The lowest BCUT2D eigenvalue weighted by molar-refractivity contribution is 0.0601. The number of hydrogen-bond acceptors (Lipinski definition) is 4. The second kappa shape index (κ2) is 10.1. The van der Waals surface area contributed by atoms with Crippen LogP contribution in [0.15, 0.2) is 48.5 Å². The van der Waals surface area contributed by atoms with Crippen LogP contribution in [-0.4, -0.2) is 34.1 Å². The number of anilines is 1. The van der Waals surface area contributed by atoms with E-state index in [4.69, 9.17) is 51.8 Å². The molecule has 29 heavy (non-hydrogen) atoms. The maximum atomic E-state index is 13.0. The average Bonchev–Trinajstić information content (AvgIpc) is 2.67. The summed E-state index contributed by atoms with van der Waals surface area (Å²) < 4.78 is 15.8. The van der Waals surface area contributed by atoms with E-state index in [1.165, 1.54) is 19.2 Å². The maximum absolute atomic E-state index is 13.0. The Kier molecular flexibility index (Phi) is 8.04. The molecule has 1 unspecified atom stereocenters. The molecule has 2 aromatic carbocycles. The lowest BCUT2D eigenvalue weighted by Crippen LogP contribution is -2.56. The van der Waals surface area contributed by atoms with Gasteiger partial charge in [-0.15, -0.1) is 0 Å². The number of alkyl halides is 3. The number of para-hydroxylation sites is 1. The van der Waals surface area contributed by atoms with Crippen LogP contribution in [0.4, 0.5) is 10.1 Å². The number of hydrogen-bond donors (Lipinski definition) is 3. The van der Waals surface area contributed by atoms with Crippen LogP contribution in [0.3, 0.4) is 0 Å². The van der Waals surface area contributed by atoms with Crippen LogP contribution >= 0.6 is 47.0 Å². The van der Waals surface area contributed by atoms with Crippen LogP contribution in [-0.2, 0) is 4.74 Å². The number of nitrogens with one attached hydrogen (secondary N) is 3. The molecule has 0 aliphatic carbocycles. The van der Waals surface area contributed by atoms with Crippen LogP contribution in [0.2, 0.25) is 0 Å². The highest BCUT2D eigenvalue weighted by Crippen LogP contribution is 2.29. The van der Waals surface area contributed by atoms with Gasteiger partial charge in [-0.1, -0.05) is 46.9 Å². The predicted octanol–water partition coefficient (Wildman–Crippen LogP) is 4.03. The minimum absolute atomic E-state index is 0.0305. The van der Waals surface area contributed by atoms with Crippen molar-refractivity contribution in [3.63, 3.8) is 0 Å². The summed E-state index contributed by atoms with van der Waals surface area (Å²) in [5, 5.41) is 7.90. The Balaban J connectivity index is 2.13. The highest BCUT2D eigenvalue weighted by Gasteiger charge is 2.35. The summed E-state index contributed by atoms with van der Waals surface area (Å²) in [6.45, 7) is 0. The van der Waals surface area contributed by atoms with Crippen molar-refractivity contribution in [2.75, 3.05) is 12.4 Å². The van der Waals surface area contributed by atoms with E-state index in [0.29, 0.717) is 5.69 Å². The van der Waals surface area contributed by atoms with Crippen LogP contribution in [0, 0.1) is 5.82 Å². The largest absolute Gasteiger partial charge is 0.465 e. The normalized spacial score (nSPS) is 11.9. The molecule has 2 aromatic rings. The Hall–Kier alpha value is -2.13. The van der Waals surface area contributed by atoms with Crippen molar-refractivity contribution in [2.24, 2.45) is 0 Å². The van der Waals surface area contributed by atoms with Gasteiger partial charge in [-0.2, -0.15) is 0 Å². The van der Waals surface area contributed by atoms with Gasteiger partial charge in [0.1, 0.15) is 12.0 Å². The SMILES string of the molecule is COC(=O)c1ccccc1NC(=S)NC(NC(=O)c1ccc(F)cc1)C(Cl)(Cl)Cl. The van der Waals surface area contributed by atoms with E-state index in [1.54, 1.807) is 24.3 Å². The minimum atomic E-state index is -1.98. The Bertz CT molecular complexity index is 907. The first-order chi connectivity index (χ1) is 13.6. The van der Waals surface area contributed by atoms with Crippen molar-refractivity contribution in [1.82, 2.24) is 10.6 Å². The van der Waals surface area contributed by atoms with Crippen LogP contribution < -0.4 is 16.0 Å². The Labute approximate surface area is 186 Å². The fraction of sp³-hybridized carbons (Fsp3) is 0.167. The van der Waals surface area contributed by atoms with E-state index in [2.05, 4.69) is 16.0 Å². The summed E-state index contributed by atoms with van der Waals surface area (Å²) in [4.78, 5) is 24.2. The molecule has 0 spiro atoms. The van der Waals surface area contributed by atoms with Crippen molar-refractivity contribution in [2.45, 2.75) is 9.96 Å². The fourth-order valence-corrected chi connectivity index (χ4v) is 2.74. The van der Waals surface area contributed by atoms with Gasteiger partial charge in [-0.3, -0.25) is 4.79 Å². The lowest BCUT2D eigenvalue weighted by atomic mass is 10.2. The molecule has 0 heterocycles. The first-order valence-electron chi connectivity index (χ1n) is 8.00.